The van der Waals surface area contributed by atoms with E-state index in [0.717, 1.165) is 12.8 Å². The van der Waals surface area contributed by atoms with Gasteiger partial charge in [-0.25, -0.2) is 13.2 Å². The highest BCUT2D eigenvalue weighted by molar-refractivity contribution is 7.92. The van der Waals surface area contributed by atoms with Crippen molar-refractivity contribution in [1.29, 1.82) is 0 Å². The fourth-order valence-electron chi connectivity index (χ4n) is 3.87. The molecule has 2 aromatic carbocycles. The Labute approximate surface area is 180 Å². The van der Waals surface area contributed by atoms with E-state index in [0.29, 0.717) is 29.7 Å². The largest absolute Gasteiger partial charge is 0.337 e. The summed E-state index contributed by atoms with van der Waals surface area (Å²) < 4.78 is 28.5. The second kappa shape index (κ2) is 8.20. The number of likely N-dealkylation sites (tertiary alicyclic amines) is 1. The smallest absolute Gasteiger partial charge is 0.323 e. The zero-order valence-corrected chi connectivity index (χ0v) is 18.2. The number of para-hydroxylation sites is 1. The maximum absolute atomic E-state index is 13.2. The first-order chi connectivity index (χ1) is 14.7. The van der Waals surface area contributed by atoms with Crippen LogP contribution in [-0.2, 0) is 10.0 Å². The van der Waals surface area contributed by atoms with Crippen LogP contribution >= 0.6 is 0 Å². The third kappa shape index (κ3) is 4.35. The Kier molecular flexibility index (Phi) is 5.59. The van der Waals surface area contributed by atoms with Crippen LogP contribution < -0.4 is 10.4 Å². The number of carbonyl (C=O) groups is 1. The fraction of sp³-hybridized carbons (Fsp3) is 0.333. The topological polar surface area (TPSA) is 118 Å². The quantitative estimate of drug-likeness (QED) is 0.556. The normalized spacial score (nSPS) is 17.3. The molecule has 1 aliphatic heterocycles. The van der Waals surface area contributed by atoms with E-state index < -0.39 is 15.7 Å². The summed E-state index contributed by atoms with van der Waals surface area (Å²) in [6, 6.07) is 11.2. The molecule has 4 rings (SSSR count). The predicted molar refractivity (Wildman–Crippen MR) is 119 cm³/mol. The monoisotopic (exact) mass is 443 g/mol. The molecular formula is C21H25N5O4S. The fourth-order valence-corrected chi connectivity index (χ4v) is 4.98. The number of H-pyrrole nitrogens is 2. The number of nitrogens with one attached hydrogen (secondary N) is 3. The highest BCUT2D eigenvalue weighted by atomic mass is 32.2. The van der Waals surface area contributed by atoms with E-state index in [1.165, 1.54) is 18.2 Å². The minimum atomic E-state index is -3.97. The summed E-state index contributed by atoms with van der Waals surface area (Å²) in [5.41, 5.74) is 1.02. The van der Waals surface area contributed by atoms with Crippen LogP contribution in [0.15, 0.2) is 52.2 Å². The number of likely N-dealkylation sites (N-methyl/N-ethyl adjacent to an activating group) is 1. The number of rotatable bonds is 5. The average molecular weight is 444 g/mol. The lowest BCUT2D eigenvalue weighted by Crippen LogP contribution is -2.47. The number of anilines is 1. The van der Waals surface area contributed by atoms with Gasteiger partial charge in [0.1, 0.15) is 0 Å². The molecule has 3 N–H and O–H groups in total. The number of sulfonamides is 1. The summed E-state index contributed by atoms with van der Waals surface area (Å²) in [7, 11) is 0.0192. The lowest BCUT2D eigenvalue weighted by molar-refractivity contribution is 0.0636. The first-order valence-corrected chi connectivity index (χ1v) is 11.5. The van der Waals surface area contributed by atoms with Crippen molar-refractivity contribution in [3.05, 3.63) is 58.5 Å². The summed E-state index contributed by atoms with van der Waals surface area (Å²) in [5, 5.41) is 0. The van der Waals surface area contributed by atoms with Gasteiger partial charge < -0.3 is 19.8 Å². The van der Waals surface area contributed by atoms with Gasteiger partial charge in [0, 0.05) is 19.1 Å². The van der Waals surface area contributed by atoms with Gasteiger partial charge in [-0.1, -0.05) is 12.1 Å². The van der Waals surface area contributed by atoms with Crippen molar-refractivity contribution >= 4 is 32.7 Å². The van der Waals surface area contributed by atoms with Gasteiger partial charge in [0.15, 0.2) is 0 Å². The van der Waals surface area contributed by atoms with Gasteiger partial charge in [-0.05, 0) is 57.3 Å². The highest BCUT2D eigenvalue weighted by Gasteiger charge is 2.27. The second-order valence-corrected chi connectivity index (χ2v) is 9.63. The lowest BCUT2D eigenvalue weighted by atomic mass is 10.0. The molecule has 1 aliphatic rings. The maximum atomic E-state index is 13.2. The van der Waals surface area contributed by atoms with Crippen molar-refractivity contribution in [1.82, 2.24) is 19.8 Å². The van der Waals surface area contributed by atoms with Crippen LogP contribution in [-0.4, -0.2) is 67.3 Å². The molecule has 3 aromatic rings. The second-order valence-electron chi connectivity index (χ2n) is 7.95. The van der Waals surface area contributed by atoms with Crippen LogP contribution in [0.4, 0.5) is 5.69 Å². The van der Waals surface area contributed by atoms with Crippen LogP contribution in [0.5, 0.6) is 0 Å². The highest BCUT2D eigenvalue weighted by Crippen LogP contribution is 2.24. The number of hydrogen-bond donors (Lipinski definition) is 3. The van der Waals surface area contributed by atoms with E-state index in [4.69, 9.17) is 0 Å². The summed E-state index contributed by atoms with van der Waals surface area (Å²) in [6.07, 6.45) is 1.92. The molecule has 9 nitrogen and oxygen atoms in total. The Balaban J connectivity index is 1.61. The van der Waals surface area contributed by atoms with Gasteiger partial charge >= 0.3 is 5.69 Å². The Hall–Kier alpha value is -3.11. The Morgan fingerprint density at radius 1 is 1.13 bits per heavy atom. The molecule has 1 fully saturated rings. The number of nitrogens with zero attached hydrogens (tertiary/aromatic N) is 2. The van der Waals surface area contributed by atoms with Crippen molar-refractivity contribution in [3.63, 3.8) is 0 Å². The minimum Gasteiger partial charge on any atom is -0.337 e. The molecular weight excluding hydrogens is 418 g/mol. The molecule has 0 saturated carbocycles. The van der Waals surface area contributed by atoms with Gasteiger partial charge in [-0.15, -0.1) is 0 Å². The SMILES string of the molecule is CN(C)C1CCCN(C(=O)c2ccccc2NS(=O)(=O)c2ccc3[nH]c(=O)[nH]c3c2)C1. The zero-order chi connectivity index (χ0) is 22.2. The van der Waals surface area contributed by atoms with Crippen LogP contribution in [0.25, 0.3) is 11.0 Å². The summed E-state index contributed by atoms with van der Waals surface area (Å²) >= 11 is 0. The Morgan fingerprint density at radius 2 is 1.87 bits per heavy atom. The van der Waals surface area contributed by atoms with Gasteiger partial charge in [0.25, 0.3) is 15.9 Å². The molecule has 10 heteroatoms. The molecule has 0 aliphatic carbocycles. The number of hydrogen-bond acceptors (Lipinski definition) is 5. The molecule has 164 valence electrons. The van der Waals surface area contributed by atoms with E-state index >= 15 is 0 Å². The van der Waals surface area contributed by atoms with Gasteiger partial charge in [-0.3, -0.25) is 9.52 Å². The van der Waals surface area contributed by atoms with E-state index in [1.807, 2.05) is 14.1 Å². The van der Waals surface area contributed by atoms with Gasteiger partial charge in [0.05, 0.1) is 27.2 Å². The summed E-state index contributed by atoms with van der Waals surface area (Å²) in [6.45, 7) is 1.24. The molecule has 1 unspecified atom stereocenters. The van der Waals surface area contributed by atoms with E-state index in [-0.39, 0.29) is 22.5 Å². The first-order valence-electron chi connectivity index (χ1n) is 10.0. The Bertz CT molecular complexity index is 1280. The molecule has 31 heavy (non-hydrogen) atoms. The van der Waals surface area contributed by atoms with E-state index in [9.17, 15) is 18.0 Å². The van der Waals surface area contributed by atoms with Crippen molar-refractivity contribution in [2.45, 2.75) is 23.8 Å². The van der Waals surface area contributed by atoms with Gasteiger partial charge in [0.2, 0.25) is 0 Å². The Morgan fingerprint density at radius 3 is 2.65 bits per heavy atom. The van der Waals surface area contributed by atoms with Crippen LogP contribution in [0.2, 0.25) is 0 Å². The zero-order valence-electron chi connectivity index (χ0n) is 17.4. The number of benzene rings is 2. The number of imidazole rings is 1. The minimum absolute atomic E-state index is 0.0110. The van der Waals surface area contributed by atoms with E-state index in [2.05, 4.69) is 19.6 Å². The number of aromatic nitrogens is 2. The average Bonchev–Trinajstić information content (AvgIpc) is 3.12. The van der Waals surface area contributed by atoms with E-state index in [1.54, 1.807) is 29.2 Å². The standard InChI is InChI=1S/C21H25N5O4S/c1-25(2)14-6-5-11-26(13-14)20(27)16-7-3-4-8-17(16)24-31(29,30)15-9-10-18-19(12-15)23-21(28)22-18/h3-4,7-10,12,14,24H,5-6,11,13H2,1-2H3,(H2,22,23,28). The van der Waals surface area contributed by atoms with Crippen molar-refractivity contribution < 1.29 is 13.2 Å². The summed E-state index contributed by atoms with van der Waals surface area (Å²) in [5.74, 6) is -0.199. The third-order valence-electron chi connectivity index (χ3n) is 5.61. The predicted octanol–water partition coefficient (Wildman–Crippen LogP) is 1.82. The number of piperidine rings is 1. The molecule has 0 radical (unpaired) electrons. The molecule has 2 heterocycles. The molecule has 0 bridgehead atoms. The molecule has 0 spiro atoms. The third-order valence-corrected chi connectivity index (χ3v) is 6.98. The van der Waals surface area contributed by atoms with Crippen molar-refractivity contribution in [2.24, 2.45) is 0 Å². The van der Waals surface area contributed by atoms with Crippen LogP contribution in [0, 0.1) is 0 Å². The number of amides is 1. The molecule has 1 atom stereocenters. The number of fused-ring (bicyclic) bond motifs is 1. The molecule has 1 saturated heterocycles. The number of aromatic amines is 2. The first kappa shape index (κ1) is 21.1. The van der Waals surface area contributed by atoms with Crippen LogP contribution in [0.3, 0.4) is 0 Å². The van der Waals surface area contributed by atoms with Crippen LogP contribution in [0.1, 0.15) is 23.2 Å². The number of carbonyl (C=O) groups excluding carboxylic acids is 1. The summed E-state index contributed by atoms with van der Waals surface area (Å²) in [4.78, 5) is 33.7. The molecule has 1 amide bonds. The van der Waals surface area contributed by atoms with Gasteiger partial charge in [-0.2, -0.15) is 0 Å². The lowest BCUT2D eigenvalue weighted by Gasteiger charge is -2.36. The van der Waals surface area contributed by atoms with Crippen molar-refractivity contribution in [2.75, 3.05) is 31.9 Å². The molecule has 1 aromatic heterocycles. The van der Waals surface area contributed by atoms with Crippen molar-refractivity contribution in [3.8, 4) is 0 Å². The maximum Gasteiger partial charge on any atom is 0.323 e.